The van der Waals surface area contributed by atoms with Gasteiger partial charge in [-0.2, -0.15) is 0 Å². The minimum absolute atomic E-state index is 0.00986. The first kappa shape index (κ1) is 15.5. The number of hydrogen-bond donors (Lipinski definition) is 1. The number of rotatable bonds is 1. The number of phenolic OH excluding ortho intramolecular Hbond substituents is 1. The van der Waals surface area contributed by atoms with E-state index in [1.165, 1.54) is 12.1 Å². The lowest BCUT2D eigenvalue weighted by Crippen LogP contribution is -2.36. The summed E-state index contributed by atoms with van der Waals surface area (Å²) >= 11 is 0. The predicted octanol–water partition coefficient (Wildman–Crippen LogP) is 4.76. The number of phenols is 1. The van der Waals surface area contributed by atoms with E-state index >= 15 is 0 Å². The second kappa shape index (κ2) is 5.35. The van der Waals surface area contributed by atoms with E-state index in [2.05, 4.69) is 0 Å². The molecule has 132 valence electrons. The normalized spacial score (nSPS) is 18.7. The van der Waals surface area contributed by atoms with Crippen molar-refractivity contribution in [3.05, 3.63) is 93.5 Å². The first-order valence-corrected chi connectivity index (χ1v) is 8.34. The molecule has 3 aromatic rings. The van der Waals surface area contributed by atoms with Crippen molar-refractivity contribution in [3.8, 4) is 23.0 Å². The van der Waals surface area contributed by atoms with Gasteiger partial charge in [0.05, 0.1) is 4.92 Å². The second-order valence-corrected chi connectivity index (χ2v) is 6.43. The number of nitro benzene ring substituents is 1. The van der Waals surface area contributed by atoms with Gasteiger partial charge in [0, 0.05) is 34.9 Å². The molecule has 1 unspecified atom stereocenters. The Morgan fingerprint density at radius 2 is 1.74 bits per heavy atom. The maximum Gasteiger partial charge on any atom is 0.270 e. The monoisotopic (exact) mass is 359 g/mol. The lowest BCUT2D eigenvalue weighted by atomic mass is 9.81. The van der Waals surface area contributed by atoms with Gasteiger partial charge in [0.1, 0.15) is 23.0 Å². The Morgan fingerprint density at radius 3 is 2.59 bits per heavy atom. The Bertz CT molecular complexity index is 1140. The molecule has 0 radical (unpaired) electrons. The zero-order valence-corrected chi connectivity index (χ0v) is 14.0. The first-order chi connectivity index (χ1) is 13.1. The van der Waals surface area contributed by atoms with Crippen LogP contribution in [0.5, 0.6) is 23.0 Å². The van der Waals surface area contributed by atoms with E-state index in [9.17, 15) is 15.2 Å². The number of nitro groups is 1. The highest BCUT2D eigenvalue weighted by atomic mass is 16.6. The van der Waals surface area contributed by atoms with Crippen LogP contribution in [0.15, 0.2) is 66.7 Å². The molecule has 0 amide bonds. The van der Waals surface area contributed by atoms with Crippen molar-refractivity contribution in [3.63, 3.8) is 0 Å². The quantitative estimate of drug-likeness (QED) is 0.501. The Balaban J connectivity index is 1.73. The highest BCUT2D eigenvalue weighted by Crippen LogP contribution is 2.52. The molecule has 6 nitrogen and oxygen atoms in total. The van der Waals surface area contributed by atoms with E-state index in [0.717, 1.165) is 11.1 Å². The van der Waals surface area contributed by atoms with Crippen LogP contribution in [0.25, 0.3) is 6.08 Å². The largest absolute Gasteiger partial charge is 0.508 e. The number of aromatic hydroxyl groups is 1. The number of fused-ring (bicyclic) bond motifs is 5. The molecule has 0 fully saturated rings. The molecule has 6 heteroatoms. The van der Waals surface area contributed by atoms with Gasteiger partial charge in [-0.25, -0.2) is 0 Å². The SMILES string of the molecule is O=[N+]([O-])c1ccc2c(c1)C=CC1(O2)c2ccccc2Oc2cc(O)ccc21. The van der Waals surface area contributed by atoms with E-state index < -0.39 is 10.5 Å². The van der Waals surface area contributed by atoms with Crippen LogP contribution in [-0.4, -0.2) is 10.0 Å². The summed E-state index contributed by atoms with van der Waals surface area (Å²) < 4.78 is 12.4. The van der Waals surface area contributed by atoms with Crippen LogP contribution in [0.4, 0.5) is 5.69 Å². The van der Waals surface area contributed by atoms with Crippen LogP contribution in [-0.2, 0) is 5.60 Å². The van der Waals surface area contributed by atoms with Gasteiger partial charge in [-0.15, -0.1) is 0 Å². The first-order valence-electron chi connectivity index (χ1n) is 8.34. The summed E-state index contributed by atoms with van der Waals surface area (Å²) in [7, 11) is 0. The van der Waals surface area contributed by atoms with E-state index in [-0.39, 0.29) is 11.4 Å². The topological polar surface area (TPSA) is 81.8 Å². The molecule has 0 saturated carbocycles. The number of hydrogen-bond acceptors (Lipinski definition) is 5. The Kier molecular flexibility index (Phi) is 3.06. The number of benzene rings is 3. The van der Waals surface area contributed by atoms with Crippen LogP contribution in [0, 0.1) is 10.1 Å². The number of non-ortho nitro benzene ring substituents is 1. The minimum atomic E-state index is -0.943. The minimum Gasteiger partial charge on any atom is -0.508 e. The third-order valence-electron chi connectivity index (χ3n) is 4.85. The number of ether oxygens (including phenoxy) is 2. The van der Waals surface area contributed by atoms with Gasteiger partial charge in [0.25, 0.3) is 5.69 Å². The summed E-state index contributed by atoms with van der Waals surface area (Å²) in [5.74, 6) is 1.77. The van der Waals surface area contributed by atoms with E-state index in [0.29, 0.717) is 22.8 Å². The van der Waals surface area contributed by atoms with Crippen LogP contribution >= 0.6 is 0 Å². The van der Waals surface area contributed by atoms with Crippen molar-refractivity contribution in [2.24, 2.45) is 0 Å². The molecule has 0 aromatic heterocycles. The smallest absolute Gasteiger partial charge is 0.270 e. The summed E-state index contributed by atoms with van der Waals surface area (Å²) in [6.45, 7) is 0. The van der Waals surface area contributed by atoms with Gasteiger partial charge in [-0.3, -0.25) is 10.1 Å². The lowest BCUT2D eigenvalue weighted by molar-refractivity contribution is -0.384. The lowest BCUT2D eigenvalue weighted by Gasteiger charge is -2.40. The molecule has 1 spiro atoms. The number of para-hydroxylation sites is 1. The van der Waals surface area contributed by atoms with Crippen molar-refractivity contribution in [1.82, 2.24) is 0 Å². The predicted molar refractivity (Wildman–Crippen MR) is 98.2 cm³/mol. The molecular weight excluding hydrogens is 346 g/mol. The number of nitrogens with zero attached hydrogens (tertiary/aromatic N) is 1. The Hall–Kier alpha value is -3.80. The summed E-state index contributed by atoms with van der Waals surface area (Å²) in [6, 6.07) is 16.9. The van der Waals surface area contributed by atoms with Gasteiger partial charge in [0.2, 0.25) is 0 Å². The molecule has 3 aromatic carbocycles. The summed E-state index contributed by atoms with van der Waals surface area (Å²) in [5.41, 5.74) is 1.28. The fraction of sp³-hybridized carbons (Fsp3) is 0.0476. The average Bonchev–Trinajstić information content (AvgIpc) is 2.67. The molecule has 27 heavy (non-hydrogen) atoms. The molecule has 1 N–H and O–H groups in total. The fourth-order valence-corrected chi connectivity index (χ4v) is 3.61. The van der Waals surface area contributed by atoms with Crippen LogP contribution < -0.4 is 9.47 Å². The molecule has 0 bridgehead atoms. The maximum absolute atomic E-state index is 11.0. The van der Waals surface area contributed by atoms with E-state index in [4.69, 9.17) is 9.47 Å². The molecule has 2 heterocycles. The van der Waals surface area contributed by atoms with Gasteiger partial charge < -0.3 is 14.6 Å². The molecule has 0 saturated heterocycles. The van der Waals surface area contributed by atoms with Gasteiger partial charge in [-0.05, 0) is 30.3 Å². The zero-order valence-electron chi connectivity index (χ0n) is 14.0. The van der Waals surface area contributed by atoms with Crippen molar-refractivity contribution in [2.45, 2.75) is 5.60 Å². The molecule has 2 aliphatic rings. The molecule has 0 aliphatic carbocycles. The van der Waals surface area contributed by atoms with Crippen LogP contribution in [0.3, 0.4) is 0 Å². The van der Waals surface area contributed by atoms with Crippen molar-refractivity contribution < 1.29 is 19.5 Å². The van der Waals surface area contributed by atoms with Crippen LogP contribution in [0.2, 0.25) is 0 Å². The van der Waals surface area contributed by atoms with E-state index in [1.807, 2.05) is 36.4 Å². The Morgan fingerprint density at radius 1 is 0.926 bits per heavy atom. The fourth-order valence-electron chi connectivity index (χ4n) is 3.61. The highest BCUT2D eigenvalue weighted by Gasteiger charge is 2.44. The third kappa shape index (κ3) is 2.20. The van der Waals surface area contributed by atoms with Crippen LogP contribution in [0.1, 0.15) is 16.7 Å². The molecular formula is C21H13NO5. The zero-order chi connectivity index (χ0) is 18.6. The molecule has 5 rings (SSSR count). The standard InChI is InChI=1S/C21H13NO5/c23-15-6-7-17-20(12-15)26-19-4-2-1-3-16(19)21(17)10-9-13-11-14(22(24)25)5-8-18(13)27-21/h1-12,23H. The second-order valence-electron chi connectivity index (χ2n) is 6.43. The Labute approximate surface area is 154 Å². The van der Waals surface area contributed by atoms with Crippen molar-refractivity contribution in [1.29, 1.82) is 0 Å². The molecule has 1 atom stereocenters. The van der Waals surface area contributed by atoms with Crippen molar-refractivity contribution in [2.75, 3.05) is 0 Å². The summed E-state index contributed by atoms with van der Waals surface area (Å²) in [4.78, 5) is 10.6. The highest BCUT2D eigenvalue weighted by molar-refractivity contribution is 5.70. The van der Waals surface area contributed by atoms with Gasteiger partial charge >= 0.3 is 0 Å². The van der Waals surface area contributed by atoms with Crippen molar-refractivity contribution >= 4 is 11.8 Å². The van der Waals surface area contributed by atoms with Gasteiger partial charge in [0.15, 0.2) is 5.60 Å². The maximum atomic E-state index is 11.0. The summed E-state index contributed by atoms with van der Waals surface area (Å²) in [6.07, 6.45) is 3.70. The molecule has 2 aliphatic heterocycles. The third-order valence-corrected chi connectivity index (χ3v) is 4.85. The average molecular weight is 359 g/mol. The summed E-state index contributed by atoms with van der Waals surface area (Å²) in [5, 5.41) is 20.9. The van der Waals surface area contributed by atoms with E-state index in [1.54, 1.807) is 24.3 Å². The van der Waals surface area contributed by atoms with Gasteiger partial charge in [-0.1, -0.05) is 24.3 Å².